The lowest BCUT2D eigenvalue weighted by Gasteiger charge is -2.17. The lowest BCUT2D eigenvalue weighted by molar-refractivity contribution is -0.144. The first-order valence-corrected chi connectivity index (χ1v) is 44.4. The molecule has 12 aromatic rings. The second kappa shape index (κ2) is 55.5. The van der Waals surface area contributed by atoms with Crippen molar-refractivity contribution in [1.82, 2.24) is 30.6 Å². The molecule has 10 N–H and O–H groups in total. The van der Waals surface area contributed by atoms with Crippen LogP contribution < -0.4 is 53.0 Å². The molecule has 3 saturated carbocycles. The number of nitrogens with two attached hydrogens (primary N) is 2. The zero-order chi connectivity index (χ0) is 95.7. The molecule has 25 nitrogen and oxygen atoms in total. The zero-order valence-corrected chi connectivity index (χ0v) is 78.3. The van der Waals surface area contributed by atoms with E-state index in [0.29, 0.717) is 137 Å². The van der Waals surface area contributed by atoms with Gasteiger partial charge in [0.15, 0.2) is 5.78 Å². The number of methoxy groups -OCH3 is 7. The number of phenolic OH excluding ortho intramolecular Hbond substituents is 1. The summed E-state index contributed by atoms with van der Waals surface area (Å²) in [5.41, 5.74) is 25.1. The number of carboxylic acids is 1. The molecule has 2 aromatic heterocycles. The number of Topliss-reactive ketones (excluding diaryl/α,β-unsaturated/α-hetero) is 1. The van der Waals surface area contributed by atoms with Gasteiger partial charge >= 0.3 is 17.9 Å². The van der Waals surface area contributed by atoms with Gasteiger partial charge in [-0.05, 0) is 205 Å². The van der Waals surface area contributed by atoms with Crippen molar-refractivity contribution in [3.8, 4) is 51.3 Å². The van der Waals surface area contributed by atoms with Gasteiger partial charge in [-0.25, -0.2) is 19.6 Å². The van der Waals surface area contributed by atoms with E-state index >= 15 is 0 Å². The van der Waals surface area contributed by atoms with Gasteiger partial charge in [0.1, 0.15) is 46.3 Å². The number of rotatable bonds is 31. The normalized spacial score (nSPS) is 12.4. The van der Waals surface area contributed by atoms with E-state index < -0.39 is 29.8 Å². The molecule has 2 heterocycles. The molecular formula is C110H128N8O17. The maximum absolute atomic E-state index is 13.4. The molecular weight excluding hydrogens is 1710 g/mol. The van der Waals surface area contributed by atoms with Crippen LogP contribution in [-0.4, -0.2) is 121 Å². The predicted octanol–water partition coefficient (Wildman–Crippen LogP) is 19.2. The van der Waals surface area contributed by atoms with E-state index in [1.165, 1.54) is 59.3 Å². The third-order valence-corrected chi connectivity index (χ3v) is 22.1. The van der Waals surface area contributed by atoms with Crippen LogP contribution in [0, 0.1) is 19.8 Å². The van der Waals surface area contributed by atoms with Gasteiger partial charge in [0, 0.05) is 65.4 Å². The number of benzene rings is 10. The summed E-state index contributed by atoms with van der Waals surface area (Å²) in [4.78, 5) is 106. The van der Waals surface area contributed by atoms with Crippen LogP contribution in [0.15, 0.2) is 294 Å². The van der Waals surface area contributed by atoms with Gasteiger partial charge in [-0.15, -0.1) is 0 Å². The number of hydrogen-bond donors (Lipinski definition) is 6. The number of aromatic hydroxyl groups is 1. The van der Waals surface area contributed by atoms with Gasteiger partial charge in [0.25, 0.3) is 17.1 Å². The Hall–Kier alpha value is -14.8. The third-order valence-electron chi connectivity index (χ3n) is 22.1. The summed E-state index contributed by atoms with van der Waals surface area (Å²) in [7, 11) is 10.3. The van der Waals surface area contributed by atoms with E-state index in [9.17, 15) is 38.7 Å². The molecule has 710 valence electrons. The molecule has 3 fully saturated rings. The van der Waals surface area contributed by atoms with Gasteiger partial charge in [-0.2, -0.15) is 0 Å². The van der Waals surface area contributed by atoms with Crippen LogP contribution >= 0.6 is 0 Å². The molecule has 0 bridgehead atoms. The summed E-state index contributed by atoms with van der Waals surface area (Å²) in [6, 6.07) is 87.5. The number of nitrogens with one attached hydrogen (secondary N) is 1. The lowest BCUT2D eigenvalue weighted by Crippen LogP contribution is -2.28. The van der Waals surface area contributed by atoms with Crippen LogP contribution in [0.3, 0.4) is 0 Å². The van der Waals surface area contributed by atoms with E-state index in [-0.39, 0.29) is 48.2 Å². The van der Waals surface area contributed by atoms with Gasteiger partial charge in [-0.3, -0.25) is 37.9 Å². The highest BCUT2D eigenvalue weighted by molar-refractivity contribution is 6.10. The van der Waals surface area contributed by atoms with E-state index in [2.05, 4.69) is 29.6 Å². The SMILES string of the molecule is C.CC(=O)O.COC(=O)/C(CCc1ccccc1)=C(\N)c1ccccc1OC.COC(=O)/C(CCc1ccccc1)=C(\NC(C)=O)c1ccccc1OC.COC(=O)C(CCc1ccccc1)C(=O)c1ccccc1OC.COc1ccccc1-c1nc(C)n(C2CC2)c(=O)c1CCc1ccccc1.Cc1nc(-c2ccccc2O)c(CCc2ccccc2)c(=O)n1C1CC1.N.NC1CC1. The summed E-state index contributed by atoms with van der Waals surface area (Å²) >= 11 is 0. The minimum Gasteiger partial charge on any atom is -0.507 e. The summed E-state index contributed by atoms with van der Waals surface area (Å²) in [5, 5.41) is 20.5. The Kier molecular flexibility index (Phi) is 44.1. The van der Waals surface area contributed by atoms with Crippen molar-refractivity contribution in [1.29, 1.82) is 0 Å². The van der Waals surface area contributed by atoms with Crippen molar-refractivity contribution < 1.29 is 72.1 Å². The molecule has 1 atom stereocenters. The van der Waals surface area contributed by atoms with Gasteiger partial charge in [0.05, 0.1) is 89.3 Å². The summed E-state index contributed by atoms with van der Waals surface area (Å²) in [6.45, 7) is 6.30. The standard InChI is InChI=1S/C23H24N2O2.C22H22N2O2.C21H23NO4.C19H21NO3.C19H20O4.C3H7N.C2H4O2.CH4.H3N/c1-16-24-22(19-10-6-7-11-21(19)27-2)20(23(26)25(16)18-13-14-18)15-12-17-8-4-3-5-9-17;1-15-23-21(18-9-5-6-10-20(18)25)19(22(26)24(15)17-12-13-17)14-11-16-7-3-2-4-8-16;1-15(23)22-20(17-11-7-8-12-19(17)25-2)18(21(24)26-3)14-13-16-9-5-4-6-10-16;2*1-22-17-11-7-6-10-15(17)18(20)16(19(21)23-2)13-12-14-8-4-3-5-9-14;4-3-1-2-3;1-2(3)4;;/h3-11,18H,12-15H2,1-2H3;2-10,17,25H,11-14H2,1H3;4-12H,13-14H2,1-3H3,(H,22,23);3-11H,12-13,20H2,1-2H3;3-11,16H,12-13H2,1-2H3;3H,1-2,4H2;1H3,(H,3,4);1H4;1H3/b;;20-18-;18-16-;;;;;. The zero-order valence-electron chi connectivity index (χ0n) is 78.3. The smallest absolute Gasteiger partial charge is 0.335 e. The number of ketones is 1. The maximum atomic E-state index is 13.4. The molecule has 3 aliphatic rings. The van der Waals surface area contributed by atoms with Gasteiger partial charge < -0.3 is 66.3 Å². The summed E-state index contributed by atoms with van der Waals surface area (Å²) in [5.74, 6) is 0.448. The quantitative estimate of drug-likeness (QED) is 0.00772. The van der Waals surface area contributed by atoms with Gasteiger partial charge in [-0.1, -0.05) is 220 Å². The minimum atomic E-state index is -0.837. The largest absolute Gasteiger partial charge is 0.507 e. The summed E-state index contributed by atoms with van der Waals surface area (Å²) < 4.78 is 39.9. The highest BCUT2D eigenvalue weighted by Gasteiger charge is 2.33. The molecule has 1 amide bonds. The molecule has 1 unspecified atom stereocenters. The fourth-order valence-electron chi connectivity index (χ4n) is 14.8. The highest BCUT2D eigenvalue weighted by Crippen LogP contribution is 2.39. The average Bonchev–Trinajstić information content (AvgIpc) is 1.76. The number of phenols is 1. The van der Waals surface area contributed by atoms with Crippen molar-refractivity contribution in [3.63, 3.8) is 0 Å². The van der Waals surface area contributed by atoms with Crippen molar-refractivity contribution in [3.05, 3.63) is 372 Å². The van der Waals surface area contributed by atoms with E-state index in [4.69, 9.17) is 64.5 Å². The van der Waals surface area contributed by atoms with Crippen LogP contribution in [0.2, 0.25) is 0 Å². The van der Waals surface area contributed by atoms with E-state index in [0.717, 1.165) is 96.4 Å². The molecule has 3 aliphatic carbocycles. The van der Waals surface area contributed by atoms with Crippen molar-refractivity contribution in [2.45, 2.75) is 156 Å². The second-order valence-corrected chi connectivity index (χ2v) is 31.8. The first kappa shape index (κ1) is 107. The molecule has 15 rings (SSSR count). The summed E-state index contributed by atoms with van der Waals surface area (Å²) in [6.07, 6.45) is 12.9. The Morgan fingerprint density at radius 1 is 0.422 bits per heavy atom. The Balaban J connectivity index is 0.000000224. The number of aliphatic carboxylic acids is 1. The fraction of sp³-hybridized carbons (Fsp3) is 0.291. The first-order chi connectivity index (χ1) is 64.4. The fourth-order valence-corrected chi connectivity index (χ4v) is 14.8. The lowest BCUT2D eigenvalue weighted by atomic mass is 9.91. The monoisotopic (exact) mass is 1830 g/mol. The molecule has 0 spiro atoms. The van der Waals surface area contributed by atoms with Crippen molar-refractivity contribution in [2.24, 2.45) is 17.4 Å². The third kappa shape index (κ3) is 32.6. The minimum absolute atomic E-state index is 0. The van der Waals surface area contributed by atoms with E-state index in [1.54, 1.807) is 69.9 Å². The molecule has 135 heavy (non-hydrogen) atoms. The first-order valence-electron chi connectivity index (χ1n) is 44.4. The Bertz CT molecular complexity index is 6010. The molecule has 0 radical (unpaired) electrons. The van der Waals surface area contributed by atoms with Crippen LogP contribution in [0.5, 0.6) is 28.7 Å². The van der Waals surface area contributed by atoms with E-state index in [1.807, 2.05) is 223 Å². The van der Waals surface area contributed by atoms with Gasteiger partial charge in [0.2, 0.25) is 5.91 Å². The molecule has 25 heteroatoms. The number of carbonyl (C=O) groups is 6. The number of aromatic nitrogens is 4. The van der Waals surface area contributed by atoms with Crippen LogP contribution in [-0.2, 0) is 83.1 Å². The molecule has 0 aliphatic heterocycles. The number of carboxylic acid groups (broad SMARTS) is 1. The number of nitrogens with zero attached hydrogens (tertiary/aromatic N) is 4. The maximum Gasteiger partial charge on any atom is 0.335 e. The number of carbonyl (C=O) groups excluding carboxylic acids is 5. The van der Waals surface area contributed by atoms with Crippen molar-refractivity contribution >= 4 is 47.0 Å². The Morgan fingerprint density at radius 2 is 0.748 bits per heavy atom. The molecule has 0 saturated heterocycles. The number of para-hydroxylation sites is 5. The number of amides is 1. The van der Waals surface area contributed by atoms with Crippen LogP contribution in [0.25, 0.3) is 33.9 Å². The topological polar surface area (TPSA) is 376 Å². The number of ether oxygens (including phenoxy) is 7. The number of esters is 3. The molecule has 10 aromatic carbocycles. The van der Waals surface area contributed by atoms with Crippen LogP contribution in [0.4, 0.5) is 0 Å². The Labute approximate surface area is 791 Å². The highest BCUT2D eigenvalue weighted by atomic mass is 16.5. The predicted molar refractivity (Wildman–Crippen MR) is 531 cm³/mol. The van der Waals surface area contributed by atoms with Crippen LogP contribution in [0.1, 0.15) is 163 Å². The van der Waals surface area contributed by atoms with Crippen molar-refractivity contribution in [2.75, 3.05) is 49.8 Å². The number of hydrogen-bond acceptors (Lipinski definition) is 21. The average molecular weight is 1830 g/mol. The second-order valence-electron chi connectivity index (χ2n) is 31.8. The number of aryl methyl sites for hydroxylation is 7. The Morgan fingerprint density at radius 3 is 1.13 bits per heavy atom.